The van der Waals surface area contributed by atoms with E-state index in [0.29, 0.717) is 6.61 Å². The zero-order chi connectivity index (χ0) is 9.68. The zero-order valence-electron chi connectivity index (χ0n) is 7.16. The number of benzene rings is 1. The lowest BCUT2D eigenvalue weighted by Crippen LogP contribution is -1.94. The van der Waals surface area contributed by atoms with E-state index >= 15 is 0 Å². The van der Waals surface area contributed by atoms with Gasteiger partial charge < -0.3 is 9.84 Å². The molecule has 3 heteroatoms. The van der Waals surface area contributed by atoms with Crippen molar-refractivity contribution in [1.29, 1.82) is 0 Å². The SMILES string of the molecule is C=CCOc1ccc(Br)c(CO)c1. The summed E-state index contributed by atoms with van der Waals surface area (Å²) in [6.07, 6.45) is 1.68. The fourth-order valence-electron chi connectivity index (χ4n) is 0.917. The van der Waals surface area contributed by atoms with Crippen LogP contribution in [0.4, 0.5) is 0 Å². The number of hydrogen-bond donors (Lipinski definition) is 1. The number of ether oxygens (including phenoxy) is 1. The minimum atomic E-state index is 0.00583. The molecule has 70 valence electrons. The highest BCUT2D eigenvalue weighted by Crippen LogP contribution is 2.22. The second kappa shape index (κ2) is 5.04. The fraction of sp³-hybridized carbons (Fsp3) is 0.200. The van der Waals surface area contributed by atoms with Crippen molar-refractivity contribution in [2.45, 2.75) is 6.61 Å². The van der Waals surface area contributed by atoms with Crippen LogP contribution in [0.2, 0.25) is 0 Å². The van der Waals surface area contributed by atoms with Crippen molar-refractivity contribution in [1.82, 2.24) is 0 Å². The number of hydrogen-bond acceptors (Lipinski definition) is 2. The van der Waals surface area contributed by atoms with Gasteiger partial charge in [-0.3, -0.25) is 0 Å². The van der Waals surface area contributed by atoms with Crippen LogP contribution in [0.15, 0.2) is 35.3 Å². The summed E-state index contributed by atoms with van der Waals surface area (Å²) in [5.41, 5.74) is 0.821. The van der Waals surface area contributed by atoms with E-state index in [4.69, 9.17) is 9.84 Å². The summed E-state index contributed by atoms with van der Waals surface area (Å²) in [5, 5.41) is 8.96. The molecule has 0 radical (unpaired) electrons. The van der Waals surface area contributed by atoms with E-state index in [1.54, 1.807) is 12.1 Å². The Balaban J connectivity index is 2.79. The molecule has 0 aliphatic carbocycles. The molecule has 1 N–H and O–H groups in total. The maximum atomic E-state index is 8.96. The standard InChI is InChI=1S/C10H11BrO2/c1-2-5-13-9-3-4-10(11)8(6-9)7-12/h2-4,6,12H,1,5,7H2. The first-order valence-corrected chi connectivity index (χ1v) is 4.70. The summed E-state index contributed by atoms with van der Waals surface area (Å²) in [7, 11) is 0. The van der Waals surface area contributed by atoms with Crippen LogP contribution in [0, 0.1) is 0 Å². The summed E-state index contributed by atoms with van der Waals surface area (Å²) in [4.78, 5) is 0. The highest BCUT2D eigenvalue weighted by atomic mass is 79.9. The second-order valence-electron chi connectivity index (χ2n) is 2.51. The van der Waals surface area contributed by atoms with Crippen LogP contribution in [0.25, 0.3) is 0 Å². The van der Waals surface area contributed by atoms with Crippen LogP contribution in [-0.4, -0.2) is 11.7 Å². The molecule has 0 bridgehead atoms. The molecule has 0 fully saturated rings. The van der Waals surface area contributed by atoms with Gasteiger partial charge in [-0.05, 0) is 23.8 Å². The number of halogens is 1. The molecule has 0 unspecified atom stereocenters. The molecular weight excluding hydrogens is 232 g/mol. The summed E-state index contributed by atoms with van der Waals surface area (Å²) >= 11 is 3.32. The van der Waals surface area contributed by atoms with Crippen molar-refractivity contribution in [3.8, 4) is 5.75 Å². The molecule has 0 aliphatic rings. The Kier molecular flexibility index (Phi) is 3.99. The molecule has 0 saturated heterocycles. The van der Waals surface area contributed by atoms with E-state index in [1.165, 1.54) is 0 Å². The van der Waals surface area contributed by atoms with Crippen molar-refractivity contribution in [3.63, 3.8) is 0 Å². The molecule has 0 aromatic heterocycles. The van der Waals surface area contributed by atoms with Crippen LogP contribution in [-0.2, 0) is 6.61 Å². The highest BCUT2D eigenvalue weighted by Gasteiger charge is 2.00. The van der Waals surface area contributed by atoms with Gasteiger partial charge >= 0.3 is 0 Å². The summed E-state index contributed by atoms with van der Waals surface area (Å²) < 4.78 is 6.19. The van der Waals surface area contributed by atoms with Gasteiger partial charge in [0.15, 0.2) is 0 Å². The van der Waals surface area contributed by atoms with Gasteiger partial charge in [0.05, 0.1) is 6.61 Å². The Morgan fingerprint density at radius 2 is 2.31 bits per heavy atom. The quantitative estimate of drug-likeness (QED) is 0.823. The smallest absolute Gasteiger partial charge is 0.120 e. The van der Waals surface area contributed by atoms with Crippen molar-refractivity contribution in [3.05, 3.63) is 40.9 Å². The number of aliphatic hydroxyl groups excluding tert-OH is 1. The van der Waals surface area contributed by atoms with Gasteiger partial charge in [-0.2, -0.15) is 0 Å². The molecule has 0 heterocycles. The number of rotatable bonds is 4. The van der Waals surface area contributed by atoms with Crippen molar-refractivity contribution in [2.24, 2.45) is 0 Å². The van der Waals surface area contributed by atoms with E-state index in [2.05, 4.69) is 22.5 Å². The lowest BCUT2D eigenvalue weighted by atomic mass is 10.2. The van der Waals surface area contributed by atoms with Gasteiger partial charge in [-0.25, -0.2) is 0 Å². The molecule has 0 amide bonds. The van der Waals surface area contributed by atoms with E-state index in [1.807, 2.05) is 12.1 Å². The molecule has 0 aliphatic heterocycles. The van der Waals surface area contributed by atoms with Crippen LogP contribution in [0.1, 0.15) is 5.56 Å². The lowest BCUT2D eigenvalue weighted by molar-refractivity contribution is 0.279. The Bertz CT molecular complexity index is 297. The maximum absolute atomic E-state index is 8.96. The van der Waals surface area contributed by atoms with Crippen molar-refractivity contribution >= 4 is 15.9 Å². The maximum Gasteiger partial charge on any atom is 0.120 e. The number of aliphatic hydroxyl groups is 1. The summed E-state index contributed by atoms with van der Waals surface area (Å²) in [6, 6.07) is 5.49. The van der Waals surface area contributed by atoms with Gasteiger partial charge in [-0.1, -0.05) is 28.6 Å². The molecule has 0 atom stereocenters. The van der Waals surface area contributed by atoms with E-state index in [0.717, 1.165) is 15.8 Å². The monoisotopic (exact) mass is 242 g/mol. The van der Waals surface area contributed by atoms with Crippen LogP contribution >= 0.6 is 15.9 Å². The molecule has 1 rings (SSSR count). The molecule has 2 nitrogen and oxygen atoms in total. The third-order valence-corrected chi connectivity index (χ3v) is 2.33. The minimum Gasteiger partial charge on any atom is -0.490 e. The third-order valence-electron chi connectivity index (χ3n) is 1.56. The normalized spacial score (nSPS) is 9.69. The van der Waals surface area contributed by atoms with Crippen molar-refractivity contribution < 1.29 is 9.84 Å². The predicted molar refractivity (Wildman–Crippen MR) is 55.8 cm³/mol. The van der Waals surface area contributed by atoms with E-state index in [-0.39, 0.29) is 6.61 Å². The largest absolute Gasteiger partial charge is 0.490 e. The molecular formula is C10H11BrO2. The second-order valence-corrected chi connectivity index (χ2v) is 3.37. The zero-order valence-corrected chi connectivity index (χ0v) is 8.75. The summed E-state index contributed by atoms with van der Waals surface area (Å²) in [5.74, 6) is 0.743. The Morgan fingerprint density at radius 3 is 2.92 bits per heavy atom. The van der Waals surface area contributed by atoms with Crippen LogP contribution in [0.3, 0.4) is 0 Å². The fourth-order valence-corrected chi connectivity index (χ4v) is 1.29. The topological polar surface area (TPSA) is 29.5 Å². The first kappa shape index (κ1) is 10.3. The molecule has 1 aromatic rings. The van der Waals surface area contributed by atoms with Gasteiger partial charge in [0.25, 0.3) is 0 Å². The van der Waals surface area contributed by atoms with Gasteiger partial charge in [0.1, 0.15) is 12.4 Å². The van der Waals surface area contributed by atoms with Crippen LogP contribution < -0.4 is 4.74 Å². The van der Waals surface area contributed by atoms with Gasteiger partial charge in [0, 0.05) is 4.47 Å². The third kappa shape index (κ3) is 2.86. The first-order valence-electron chi connectivity index (χ1n) is 3.91. The summed E-state index contributed by atoms with van der Waals surface area (Å²) in [6.45, 7) is 4.04. The predicted octanol–water partition coefficient (Wildman–Crippen LogP) is 2.51. The molecule has 0 saturated carbocycles. The van der Waals surface area contributed by atoms with E-state index in [9.17, 15) is 0 Å². The average Bonchev–Trinajstić information content (AvgIpc) is 2.16. The average molecular weight is 243 g/mol. The Morgan fingerprint density at radius 1 is 1.54 bits per heavy atom. The van der Waals surface area contributed by atoms with Gasteiger partial charge in [0.2, 0.25) is 0 Å². The first-order chi connectivity index (χ1) is 6.27. The highest BCUT2D eigenvalue weighted by molar-refractivity contribution is 9.10. The molecule has 0 spiro atoms. The molecule has 1 aromatic carbocycles. The lowest BCUT2D eigenvalue weighted by Gasteiger charge is -2.06. The van der Waals surface area contributed by atoms with Crippen molar-refractivity contribution in [2.75, 3.05) is 6.61 Å². The Labute approximate surface area is 86.0 Å². The molecule has 13 heavy (non-hydrogen) atoms. The van der Waals surface area contributed by atoms with E-state index < -0.39 is 0 Å². The van der Waals surface area contributed by atoms with Gasteiger partial charge in [-0.15, -0.1) is 0 Å². The minimum absolute atomic E-state index is 0.00583. The van der Waals surface area contributed by atoms with Crippen LogP contribution in [0.5, 0.6) is 5.75 Å². The Hall–Kier alpha value is -0.800.